The molecule has 1 aliphatic rings. The minimum atomic E-state index is -4.38. The minimum absolute atomic E-state index is 0.111. The van der Waals surface area contributed by atoms with Crippen LogP contribution in [0.1, 0.15) is 25.3 Å². The summed E-state index contributed by atoms with van der Waals surface area (Å²) in [6.45, 7) is 3.57. The van der Waals surface area contributed by atoms with Gasteiger partial charge in [0.1, 0.15) is 11.0 Å². The van der Waals surface area contributed by atoms with E-state index in [1.54, 1.807) is 0 Å². The summed E-state index contributed by atoms with van der Waals surface area (Å²) in [5, 5.41) is -0.111. The summed E-state index contributed by atoms with van der Waals surface area (Å²) in [6, 6.07) is 1.93. The van der Waals surface area contributed by atoms with Crippen molar-refractivity contribution in [3.05, 3.63) is 22.8 Å². The van der Waals surface area contributed by atoms with Crippen LogP contribution in [-0.2, 0) is 6.18 Å². The zero-order chi connectivity index (χ0) is 13.3. The Hall–Kier alpha value is -0.970. The normalized spacial score (nSPS) is 20.5. The number of hydrogen-bond donors (Lipinski definition) is 0. The molecular weight excluding hydrogens is 265 g/mol. The Morgan fingerprint density at radius 1 is 1.44 bits per heavy atom. The van der Waals surface area contributed by atoms with Gasteiger partial charge in [0.15, 0.2) is 0 Å². The van der Waals surface area contributed by atoms with Gasteiger partial charge in [-0.2, -0.15) is 13.2 Å². The average Bonchev–Trinajstić information content (AvgIpc) is 2.75. The maximum Gasteiger partial charge on any atom is 0.416 e. The van der Waals surface area contributed by atoms with E-state index in [-0.39, 0.29) is 5.15 Å². The van der Waals surface area contributed by atoms with Gasteiger partial charge in [-0.25, -0.2) is 4.98 Å². The fraction of sp³-hybridized carbons (Fsp3) is 0.583. The number of alkyl halides is 3. The number of pyridine rings is 1. The third kappa shape index (κ3) is 2.88. The van der Waals surface area contributed by atoms with Gasteiger partial charge in [-0.3, -0.25) is 0 Å². The van der Waals surface area contributed by atoms with Crippen molar-refractivity contribution in [2.75, 3.05) is 18.0 Å². The Morgan fingerprint density at radius 3 is 2.72 bits per heavy atom. The molecule has 18 heavy (non-hydrogen) atoms. The number of rotatable bonds is 2. The Bertz CT molecular complexity index is 434. The number of halogens is 4. The van der Waals surface area contributed by atoms with Crippen molar-refractivity contribution in [3.8, 4) is 0 Å². The van der Waals surface area contributed by atoms with Crippen molar-refractivity contribution in [2.24, 2.45) is 5.92 Å². The lowest BCUT2D eigenvalue weighted by atomic mass is 10.1. The summed E-state index contributed by atoms with van der Waals surface area (Å²) in [7, 11) is 0. The van der Waals surface area contributed by atoms with E-state index >= 15 is 0 Å². The lowest BCUT2D eigenvalue weighted by Crippen LogP contribution is -2.21. The van der Waals surface area contributed by atoms with E-state index in [0.717, 1.165) is 38.1 Å². The lowest BCUT2D eigenvalue weighted by molar-refractivity contribution is -0.137. The van der Waals surface area contributed by atoms with Gasteiger partial charge < -0.3 is 4.90 Å². The number of aromatic nitrogens is 1. The summed E-state index contributed by atoms with van der Waals surface area (Å²) < 4.78 is 38.0. The van der Waals surface area contributed by atoms with Crippen LogP contribution in [0.5, 0.6) is 0 Å². The van der Waals surface area contributed by atoms with Crippen molar-refractivity contribution >= 4 is 17.4 Å². The molecule has 0 N–H and O–H groups in total. The van der Waals surface area contributed by atoms with Crippen LogP contribution in [-0.4, -0.2) is 18.1 Å². The van der Waals surface area contributed by atoms with Crippen LogP contribution in [0.15, 0.2) is 12.1 Å². The van der Waals surface area contributed by atoms with Crippen molar-refractivity contribution in [3.63, 3.8) is 0 Å². The van der Waals surface area contributed by atoms with Gasteiger partial charge in [0.25, 0.3) is 0 Å². The average molecular weight is 279 g/mol. The number of nitrogens with zero attached hydrogens (tertiary/aromatic N) is 2. The maximum absolute atomic E-state index is 12.7. The Kier molecular flexibility index (Phi) is 3.71. The molecule has 0 radical (unpaired) electrons. The van der Waals surface area contributed by atoms with Crippen molar-refractivity contribution in [1.82, 2.24) is 4.98 Å². The van der Waals surface area contributed by atoms with Crippen molar-refractivity contribution < 1.29 is 13.2 Å². The van der Waals surface area contributed by atoms with Crippen LogP contribution < -0.4 is 4.90 Å². The molecule has 100 valence electrons. The van der Waals surface area contributed by atoms with Crippen LogP contribution in [0.3, 0.4) is 0 Å². The van der Waals surface area contributed by atoms with Gasteiger partial charge in [-0.15, -0.1) is 0 Å². The van der Waals surface area contributed by atoms with E-state index in [0.29, 0.717) is 11.7 Å². The van der Waals surface area contributed by atoms with Crippen LogP contribution in [0, 0.1) is 5.92 Å². The molecule has 0 amide bonds. The van der Waals surface area contributed by atoms with Gasteiger partial charge in [0, 0.05) is 13.1 Å². The van der Waals surface area contributed by atoms with E-state index in [2.05, 4.69) is 11.9 Å². The first kappa shape index (κ1) is 13.5. The molecule has 0 aliphatic carbocycles. The highest BCUT2D eigenvalue weighted by molar-refractivity contribution is 6.29. The highest BCUT2D eigenvalue weighted by Gasteiger charge is 2.32. The molecule has 1 aromatic rings. The SMILES string of the molecule is CCC1CCN(c2cc(C(F)(F)F)cc(Cl)n2)C1. The van der Waals surface area contributed by atoms with Crippen LogP contribution in [0.2, 0.25) is 5.15 Å². The summed E-state index contributed by atoms with van der Waals surface area (Å²) in [5.74, 6) is 0.853. The largest absolute Gasteiger partial charge is 0.416 e. The van der Waals surface area contributed by atoms with Crippen molar-refractivity contribution in [1.29, 1.82) is 0 Å². The summed E-state index contributed by atoms with van der Waals surface area (Å²) in [4.78, 5) is 5.86. The quantitative estimate of drug-likeness (QED) is 0.761. The summed E-state index contributed by atoms with van der Waals surface area (Å²) >= 11 is 5.67. The Labute approximate surface area is 109 Å². The fourth-order valence-electron chi connectivity index (χ4n) is 2.18. The van der Waals surface area contributed by atoms with Gasteiger partial charge in [0.2, 0.25) is 0 Å². The number of anilines is 1. The summed E-state index contributed by atoms with van der Waals surface area (Å²) in [5.41, 5.74) is -0.738. The minimum Gasteiger partial charge on any atom is -0.356 e. The zero-order valence-corrected chi connectivity index (χ0v) is 10.7. The second kappa shape index (κ2) is 4.96. The first-order valence-corrected chi connectivity index (χ1v) is 6.27. The molecule has 6 heteroatoms. The highest BCUT2D eigenvalue weighted by Crippen LogP contribution is 2.34. The topological polar surface area (TPSA) is 16.1 Å². The predicted molar refractivity (Wildman–Crippen MR) is 64.9 cm³/mol. The van der Waals surface area contributed by atoms with E-state index in [4.69, 9.17) is 11.6 Å². The Balaban J connectivity index is 2.26. The monoisotopic (exact) mass is 278 g/mol. The second-order valence-electron chi connectivity index (χ2n) is 4.54. The molecule has 0 bridgehead atoms. The van der Waals surface area contributed by atoms with Gasteiger partial charge in [0.05, 0.1) is 5.56 Å². The lowest BCUT2D eigenvalue weighted by Gasteiger charge is -2.19. The van der Waals surface area contributed by atoms with Crippen molar-refractivity contribution in [2.45, 2.75) is 25.9 Å². The molecular formula is C12H14ClF3N2. The number of hydrogen-bond acceptors (Lipinski definition) is 2. The first-order valence-electron chi connectivity index (χ1n) is 5.90. The molecule has 0 saturated carbocycles. The van der Waals surface area contributed by atoms with Gasteiger partial charge in [-0.1, -0.05) is 24.9 Å². The maximum atomic E-state index is 12.7. The molecule has 2 nitrogen and oxygen atoms in total. The van der Waals surface area contributed by atoms with Crippen LogP contribution in [0.25, 0.3) is 0 Å². The molecule has 1 aromatic heterocycles. The third-order valence-electron chi connectivity index (χ3n) is 3.30. The molecule has 0 aromatic carbocycles. The van der Waals surface area contributed by atoms with E-state index in [1.807, 2.05) is 4.90 Å². The summed E-state index contributed by atoms with van der Waals surface area (Å²) in [6.07, 6.45) is -2.36. The van der Waals surface area contributed by atoms with Gasteiger partial charge >= 0.3 is 6.18 Å². The molecule has 1 saturated heterocycles. The second-order valence-corrected chi connectivity index (χ2v) is 4.93. The molecule has 0 spiro atoms. The van der Waals surface area contributed by atoms with E-state index in [1.165, 1.54) is 0 Å². The molecule has 1 fully saturated rings. The first-order chi connectivity index (χ1) is 8.40. The fourth-order valence-corrected chi connectivity index (χ4v) is 2.39. The van der Waals surface area contributed by atoms with E-state index < -0.39 is 11.7 Å². The van der Waals surface area contributed by atoms with Crippen LogP contribution in [0.4, 0.5) is 19.0 Å². The molecule has 2 rings (SSSR count). The highest BCUT2D eigenvalue weighted by atomic mass is 35.5. The van der Waals surface area contributed by atoms with E-state index in [9.17, 15) is 13.2 Å². The molecule has 2 heterocycles. The molecule has 1 unspecified atom stereocenters. The smallest absolute Gasteiger partial charge is 0.356 e. The van der Waals surface area contributed by atoms with Crippen LogP contribution >= 0.6 is 11.6 Å². The third-order valence-corrected chi connectivity index (χ3v) is 3.49. The Morgan fingerprint density at radius 2 is 2.17 bits per heavy atom. The molecule has 1 atom stereocenters. The molecule has 1 aliphatic heterocycles. The predicted octanol–water partition coefficient (Wildman–Crippen LogP) is 3.99. The standard InChI is InChI=1S/C12H14ClF3N2/c1-2-8-3-4-18(7-8)11-6-9(12(14,15)16)5-10(13)17-11/h5-6,8H,2-4,7H2,1H3. The van der Waals surface area contributed by atoms with Gasteiger partial charge in [-0.05, 0) is 24.5 Å². The zero-order valence-electron chi connectivity index (χ0n) is 9.97.